The van der Waals surface area contributed by atoms with Gasteiger partial charge in [0.1, 0.15) is 16.6 Å². The molecule has 0 saturated heterocycles. The van der Waals surface area contributed by atoms with E-state index in [0.717, 1.165) is 43.1 Å². The van der Waals surface area contributed by atoms with Gasteiger partial charge in [-0.1, -0.05) is 18.2 Å². The molecule has 0 radical (unpaired) electrons. The first kappa shape index (κ1) is 21.1. The maximum absolute atomic E-state index is 13.3. The van der Waals surface area contributed by atoms with Gasteiger partial charge in [0, 0.05) is 23.2 Å². The summed E-state index contributed by atoms with van der Waals surface area (Å²) in [7, 11) is 0. The number of rotatable bonds is 4. The Kier molecular flexibility index (Phi) is 5.83. The Bertz CT molecular complexity index is 1140. The van der Waals surface area contributed by atoms with Gasteiger partial charge in [0.15, 0.2) is 0 Å². The van der Waals surface area contributed by atoms with Crippen LogP contribution in [0.2, 0.25) is 0 Å². The lowest BCUT2D eigenvalue weighted by atomic mass is 9.90. The van der Waals surface area contributed by atoms with Crippen LogP contribution in [0.5, 0.6) is 0 Å². The lowest BCUT2D eigenvalue weighted by Crippen LogP contribution is -2.40. The largest absolute Gasteiger partial charge is 0.433 e. The fraction of sp³-hybridized carbons (Fsp3) is 0.318. The number of aromatic nitrogens is 1. The second-order valence-corrected chi connectivity index (χ2v) is 8.60. The highest BCUT2D eigenvalue weighted by Crippen LogP contribution is 2.34. The quantitative estimate of drug-likeness (QED) is 0.569. The topological polar surface area (TPSA) is 77.8 Å². The van der Waals surface area contributed by atoms with Gasteiger partial charge in [-0.2, -0.15) is 18.4 Å². The van der Waals surface area contributed by atoms with Crippen molar-refractivity contribution in [1.29, 1.82) is 5.26 Å². The molecule has 2 N–H and O–H groups in total. The summed E-state index contributed by atoms with van der Waals surface area (Å²) in [6.07, 6.45) is -1.65. The van der Waals surface area contributed by atoms with Crippen LogP contribution in [-0.2, 0) is 6.18 Å². The molecule has 5 nitrogen and oxygen atoms in total. The highest BCUT2D eigenvalue weighted by atomic mass is 32.1. The highest BCUT2D eigenvalue weighted by Gasteiger charge is 2.34. The predicted octanol–water partition coefficient (Wildman–Crippen LogP) is 5.34. The molecule has 0 spiro atoms. The first-order valence-corrected chi connectivity index (χ1v) is 10.7. The number of fused-ring (bicyclic) bond motifs is 1. The van der Waals surface area contributed by atoms with Crippen LogP contribution in [0.15, 0.2) is 42.5 Å². The standard InChI is InChI=1S/C22H19F3N4OS/c23-22(24,25)20-11-18(16-3-1-2-4-17(16)29-20)27-13-5-7-14(8-6-13)28-21(30)19-10-9-15(12-26)31-19/h1-4,9-11,13-14H,5-8H2,(H,27,29)(H,28,30). The number of thiophene rings is 1. The average Bonchev–Trinajstić information content (AvgIpc) is 3.24. The lowest BCUT2D eigenvalue weighted by molar-refractivity contribution is -0.140. The summed E-state index contributed by atoms with van der Waals surface area (Å²) in [5.41, 5.74) is -0.191. The number of pyridine rings is 1. The average molecular weight is 444 g/mol. The molecule has 1 fully saturated rings. The number of hydrogen-bond acceptors (Lipinski definition) is 5. The van der Waals surface area contributed by atoms with Crippen LogP contribution in [0.3, 0.4) is 0 Å². The van der Waals surface area contributed by atoms with Crippen molar-refractivity contribution in [3.8, 4) is 6.07 Å². The van der Waals surface area contributed by atoms with E-state index in [1.165, 1.54) is 0 Å². The second kappa shape index (κ2) is 8.55. The van der Waals surface area contributed by atoms with E-state index in [1.807, 2.05) is 6.07 Å². The summed E-state index contributed by atoms with van der Waals surface area (Å²) < 4.78 is 39.8. The number of anilines is 1. The zero-order valence-corrected chi connectivity index (χ0v) is 17.2. The Balaban J connectivity index is 1.41. The van der Waals surface area contributed by atoms with Crippen LogP contribution in [0.1, 0.15) is 45.9 Å². The van der Waals surface area contributed by atoms with Crippen molar-refractivity contribution in [3.05, 3.63) is 57.9 Å². The number of hydrogen-bond donors (Lipinski definition) is 2. The summed E-state index contributed by atoms with van der Waals surface area (Å²) in [5, 5.41) is 15.8. The maximum Gasteiger partial charge on any atom is 0.433 e. The molecule has 160 valence electrons. The molecule has 31 heavy (non-hydrogen) atoms. The van der Waals surface area contributed by atoms with Crippen molar-refractivity contribution in [1.82, 2.24) is 10.3 Å². The zero-order chi connectivity index (χ0) is 22.0. The molecule has 1 aromatic carbocycles. The second-order valence-electron chi connectivity index (χ2n) is 7.51. The number of benzene rings is 1. The molecule has 0 aliphatic heterocycles. The van der Waals surface area contributed by atoms with Crippen LogP contribution in [0.25, 0.3) is 10.9 Å². The molecule has 1 aliphatic carbocycles. The van der Waals surface area contributed by atoms with Crippen LogP contribution in [0, 0.1) is 11.3 Å². The Hall–Kier alpha value is -3.12. The number of nitrogens with zero attached hydrogens (tertiary/aromatic N) is 2. The minimum absolute atomic E-state index is 0.00175. The smallest absolute Gasteiger partial charge is 0.382 e. The fourth-order valence-corrected chi connectivity index (χ4v) is 4.52. The molecule has 4 rings (SSSR count). The minimum atomic E-state index is -4.52. The van der Waals surface area contributed by atoms with E-state index in [-0.39, 0.29) is 18.0 Å². The van der Waals surface area contributed by atoms with E-state index in [4.69, 9.17) is 5.26 Å². The molecule has 0 bridgehead atoms. The third-order valence-electron chi connectivity index (χ3n) is 5.37. The van der Waals surface area contributed by atoms with Gasteiger partial charge in [-0.3, -0.25) is 4.79 Å². The van der Waals surface area contributed by atoms with E-state index in [0.29, 0.717) is 26.3 Å². The first-order chi connectivity index (χ1) is 14.8. The summed E-state index contributed by atoms with van der Waals surface area (Å²) in [6.45, 7) is 0. The molecule has 1 amide bonds. The molecule has 2 heterocycles. The summed E-state index contributed by atoms with van der Waals surface area (Å²) >= 11 is 1.15. The van der Waals surface area contributed by atoms with Crippen molar-refractivity contribution < 1.29 is 18.0 Å². The molecule has 3 aromatic rings. The highest BCUT2D eigenvalue weighted by molar-refractivity contribution is 7.14. The summed E-state index contributed by atoms with van der Waals surface area (Å²) in [6, 6.07) is 13.1. The molecule has 1 aliphatic rings. The summed E-state index contributed by atoms with van der Waals surface area (Å²) in [4.78, 5) is 17.1. The van der Waals surface area contributed by atoms with Gasteiger partial charge in [0.2, 0.25) is 0 Å². The van der Waals surface area contributed by atoms with Crippen molar-refractivity contribution in [3.63, 3.8) is 0 Å². The number of amides is 1. The van der Waals surface area contributed by atoms with E-state index in [2.05, 4.69) is 15.6 Å². The van der Waals surface area contributed by atoms with Gasteiger partial charge in [-0.05, 0) is 49.9 Å². The SMILES string of the molecule is N#Cc1ccc(C(=O)NC2CCC(Nc3cc(C(F)(F)F)nc4ccccc34)CC2)s1. The maximum atomic E-state index is 13.3. The predicted molar refractivity (Wildman–Crippen MR) is 113 cm³/mol. The Morgan fingerprint density at radius 1 is 1.10 bits per heavy atom. The van der Waals surface area contributed by atoms with Crippen molar-refractivity contribution >= 4 is 33.8 Å². The molecule has 0 unspecified atom stereocenters. The number of nitrogens with one attached hydrogen (secondary N) is 2. The number of carbonyl (C=O) groups is 1. The number of halogens is 3. The molecular formula is C22H19F3N4OS. The fourth-order valence-electron chi connectivity index (χ4n) is 3.82. The van der Waals surface area contributed by atoms with Gasteiger partial charge < -0.3 is 10.6 Å². The Labute approximate surface area is 180 Å². The molecule has 9 heteroatoms. The third kappa shape index (κ3) is 4.80. The van der Waals surface area contributed by atoms with Gasteiger partial charge in [0.25, 0.3) is 5.91 Å². The number of alkyl halides is 3. The van der Waals surface area contributed by atoms with Crippen molar-refractivity contribution in [2.45, 2.75) is 43.9 Å². The van der Waals surface area contributed by atoms with Gasteiger partial charge >= 0.3 is 6.18 Å². The Morgan fingerprint density at radius 3 is 2.48 bits per heavy atom. The van der Waals surface area contributed by atoms with Gasteiger partial charge in [0.05, 0.1) is 10.4 Å². The number of nitriles is 1. The molecule has 0 atom stereocenters. The van der Waals surface area contributed by atoms with Gasteiger partial charge in [-0.25, -0.2) is 4.98 Å². The van der Waals surface area contributed by atoms with E-state index in [9.17, 15) is 18.0 Å². The normalized spacial score (nSPS) is 19.0. The van der Waals surface area contributed by atoms with Crippen LogP contribution >= 0.6 is 11.3 Å². The lowest BCUT2D eigenvalue weighted by Gasteiger charge is -2.30. The van der Waals surface area contributed by atoms with Crippen molar-refractivity contribution in [2.24, 2.45) is 0 Å². The molecule has 1 saturated carbocycles. The van der Waals surface area contributed by atoms with Crippen LogP contribution in [-0.4, -0.2) is 23.0 Å². The first-order valence-electron chi connectivity index (χ1n) is 9.88. The van der Waals surface area contributed by atoms with Crippen LogP contribution < -0.4 is 10.6 Å². The zero-order valence-electron chi connectivity index (χ0n) is 16.4. The van der Waals surface area contributed by atoms with E-state index in [1.54, 1.807) is 36.4 Å². The molecular weight excluding hydrogens is 425 g/mol. The minimum Gasteiger partial charge on any atom is -0.382 e. The molecule has 2 aromatic heterocycles. The van der Waals surface area contributed by atoms with Crippen LogP contribution in [0.4, 0.5) is 18.9 Å². The number of para-hydroxylation sites is 1. The van der Waals surface area contributed by atoms with Gasteiger partial charge in [-0.15, -0.1) is 11.3 Å². The Morgan fingerprint density at radius 2 is 1.81 bits per heavy atom. The third-order valence-corrected chi connectivity index (χ3v) is 6.36. The number of carbonyl (C=O) groups excluding carboxylic acids is 1. The van der Waals surface area contributed by atoms with Crippen molar-refractivity contribution in [2.75, 3.05) is 5.32 Å². The van der Waals surface area contributed by atoms with E-state index >= 15 is 0 Å². The monoisotopic (exact) mass is 444 g/mol. The summed E-state index contributed by atoms with van der Waals surface area (Å²) in [5.74, 6) is -0.196. The van der Waals surface area contributed by atoms with E-state index < -0.39 is 11.9 Å².